The smallest absolute Gasteiger partial charge is 0.196 e. The number of nitrogens with zero attached hydrogens (tertiary/aromatic N) is 3. The zero-order valence-corrected chi connectivity index (χ0v) is 11.2. The van der Waals surface area contributed by atoms with Crippen LogP contribution >= 0.6 is 11.6 Å². The van der Waals surface area contributed by atoms with Crippen molar-refractivity contribution in [1.82, 2.24) is 4.90 Å². The van der Waals surface area contributed by atoms with Crippen molar-refractivity contribution in [2.75, 3.05) is 31.6 Å². The maximum Gasteiger partial charge on any atom is 0.196 e. The predicted octanol–water partition coefficient (Wildman–Crippen LogP) is 1.55. The molecule has 2 N–H and O–H groups in total. The van der Waals surface area contributed by atoms with E-state index in [1.807, 2.05) is 24.3 Å². The van der Waals surface area contributed by atoms with Gasteiger partial charge in [-0.2, -0.15) is 0 Å². The molecule has 96 valence electrons. The molecule has 1 saturated heterocycles. The van der Waals surface area contributed by atoms with Crippen LogP contribution in [0.3, 0.4) is 0 Å². The fraction of sp³-hybridized carbons (Fsp3) is 0.462. The zero-order chi connectivity index (χ0) is 12.8. The molecule has 0 aromatic heterocycles. The quantitative estimate of drug-likeness (QED) is 0.837. The third-order valence-electron chi connectivity index (χ3n) is 3.86. The first-order valence-electron chi connectivity index (χ1n) is 6.16. The monoisotopic (exact) mass is 264 g/mol. The normalized spacial score (nSPS) is 28.1. The van der Waals surface area contributed by atoms with Crippen LogP contribution in [0.5, 0.6) is 0 Å². The van der Waals surface area contributed by atoms with Crippen molar-refractivity contribution in [3.8, 4) is 0 Å². The molecule has 5 heteroatoms. The molecule has 1 atom stereocenters. The Morgan fingerprint density at radius 1 is 1.39 bits per heavy atom. The molecule has 3 rings (SSSR count). The van der Waals surface area contributed by atoms with Gasteiger partial charge in [-0.1, -0.05) is 23.7 Å². The number of para-hydroxylation sites is 1. The average Bonchev–Trinajstić information content (AvgIpc) is 2.86. The highest BCUT2D eigenvalue weighted by molar-refractivity contribution is 6.34. The predicted molar refractivity (Wildman–Crippen MR) is 75.3 cm³/mol. The highest BCUT2D eigenvalue weighted by Gasteiger charge is 2.47. The summed E-state index contributed by atoms with van der Waals surface area (Å²) in [4.78, 5) is 8.88. The minimum absolute atomic E-state index is 0.0101. The maximum absolute atomic E-state index is 6.30. The van der Waals surface area contributed by atoms with E-state index in [9.17, 15) is 0 Å². The third-order valence-corrected chi connectivity index (χ3v) is 4.17. The van der Waals surface area contributed by atoms with E-state index in [0.29, 0.717) is 5.96 Å². The minimum atomic E-state index is -0.0101. The van der Waals surface area contributed by atoms with Crippen LogP contribution in [0.15, 0.2) is 29.3 Å². The largest absolute Gasteiger partial charge is 0.369 e. The Bertz CT molecular complexity index is 502. The Kier molecular flexibility index (Phi) is 2.72. The van der Waals surface area contributed by atoms with E-state index in [1.54, 1.807) is 0 Å². The van der Waals surface area contributed by atoms with Crippen LogP contribution in [0, 0.1) is 0 Å². The molecule has 0 amide bonds. The van der Waals surface area contributed by atoms with Crippen molar-refractivity contribution in [3.05, 3.63) is 29.3 Å². The number of benzene rings is 1. The molecule has 0 aliphatic carbocycles. The van der Waals surface area contributed by atoms with Gasteiger partial charge in [0.25, 0.3) is 0 Å². The Labute approximate surface area is 112 Å². The lowest BCUT2D eigenvalue weighted by Crippen LogP contribution is -2.53. The second kappa shape index (κ2) is 4.14. The molecule has 18 heavy (non-hydrogen) atoms. The Hall–Kier alpha value is -1.26. The molecule has 2 heterocycles. The lowest BCUT2D eigenvalue weighted by atomic mass is 9.97. The standard InChI is InChI=1S/C13H17ClN4/c1-17-7-6-13(9-17)8-16-12(15)18(13)11-5-3-2-4-10(11)14/h2-5H,6-9H2,1H3,(H2,15,16). The van der Waals surface area contributed by atoms with Crippen LogP contribution in [0.1, 0.15) is 6.42 Å². The molecule has 1 fully saturated rings. The number of hydrogen-bond donors (Lipinski definition) is 1. The summed E-state index contributed by atoms with van der Waals surface area (Å²) < 4.78 is 0. The van der Waals surface area contributed by atoms with E-state index in [2.05, 4.69) is 21.8 Å². The Morgan fingerprint density at radius 2 is 2.17 bits per heavy atom. The molecule has 2 aliphatic heterocycles. The van der Waals surface area contributed by atoms with Gasteiger partial charge in [0.1, 0.15) is 0 Å². The number of rotatable bonds is 1. The van der Waals surface area contributed by atoms with Gasteiger partial charge in [-0.25, -0.2) is 0 Å². The zero-order valence-electron chi connectivity index (χ0n) is 10.4. The highest BCUT2D eigenvalue weighted by Crippen LogP contribution is 2.38. The average molecular weight is 265 g/mol. The molecule has 1 spiro atoms. The van der Waals surface area contributed by atoms with E-state index in [0.717, 1.165) is 36.8 Å². The van der Waals surface area contributed by atoms with E-state index >= 15 is 0 Å². The van der Waals surface area contributed by atoms with Gasteiger partial charge in [0.15, 0.2) is 5.96 Å². The van der Waals surface area contributed by atoms with Gasteiger partial charge in [0.2, 0.25) is 0 Å². The number of likely N-dealkylation sites (tertiary alicyclic amines) is 1. The van der Waals surface area contributed by atoms with E-state index in [-0.39, 0.29) is 5.54 Å². The fourth-order valence-corrected chi connectivity index (χ4v) is 3.22. The lowest BCUT2D eigenvalue weighted by Gasteiger charge is -2.36. The van der Waals surface area contributed by atoms with Crippen LogP contribution in [0.25, 0.3) is 0 Å². The minimum Gasteiger partial charge on any atom is -0.369 e. The maximum atomic E-state index is 6.30. The molecule has 0 saturated carbocycles. The van der Waals surface area contributed by atoms with E-state index < -0.39 is 0 Å². The molecular formula is C13H17ClN4. The van der Waals surface area contributed by atoms with Gasteiger partial charge in [0, 0.05) is 13.1 Å². The molecule has 0 bridgehead atoms. The number of hydrogen-bond acceptors (Lipinski definition) is 4. The Balaban J connectivity index is 2.03. The topological polar surface area (TPSA) is 44.9 Å². The number of halogens is 1. The number of nitrogens with two attached hydrogens (primary N) is 1. The van der Waals surface area contributed by atoms with Gasteiger partial charge in [0.05, 0.1) is 22.8 Å². The number of aliphatic imine (C=N–C) groups is 1. The molecular weight excluding hydrogens is 248 g/mol. The molecule has 2 aliphatic rings. The molecule has 1 aromatic carbocycles. The summed E-state index contributed by atoms with van der Waals surface area (Å²) in [5, 5.41) is 0.728. The summed E-state index contributed by atoms with van der Waals surface area (Å²) in [6.07, 6.45) is 1.07. The number of likely N-dealkylation sites (N-methyl/N-ethyl adjacent to an activating group) is 1. The van der Waals surface area contributed by atoms with E-state index in [1.165, 1.54) is 0 Å². The fourth-order valence-electron chi connectivity index (χ4n) is 3.00. The van der Waals surface area contributed by atoms with Crippen molar-refractivity contribution in [1.29, 1.82) is 0 Å². The van der Waals surface area contributed by atoms with Crippen molar-refractivity contribution >= 4 is 23.2 Å². The lowest BCUT2D eigenvalue weighted by molar-refractivity contribution is 0.379. The van der Waals surface area contributed by atoms with Crippen LogP contribution in [0.4, 0.5) is 5.69 Å². The molecule has 4 nitrogen and oxygen atoms in total. The second-order valence-corrected chi connectivity index (χ2v) is 5.58. The summed E-state index contributed by atoms with van der Waals surface area (Å²) in [5.74, 6) is 0.582. The summed E-state index contributed by atoms with van der Waals surface area (Å²) in [5.41, 5.74) is 7.03. The molecule has 1 aromatic rings. The first-order valence-corrected chi connectivity index (χ1v) is 6.53. The Morgan fingerprint density at radius 3 is 2.83 bits per heavy atom. The third kappa shape index (κ3) is 1.68. The highest BCUT2D eigenvalue weighted by atomic mass is 35.5. The summed E-state index contributed by atoms with van der Waals surface area (Å²) in [6.45, 7) is 2.81. The van der Waals surface area contributed by atoms with Crippen molar-refractivity contribution < 1.29 is 0 Å². The summed E-state index contributed by atoms with van der Waals surface area (Å²) in [7, 11) is 2.13. The summed E-state index contributed by atoms with van der Waals surface area (Å²) in [6, 6.07) is 7.83. The SMILES string of the molecule is CN1CCC2(CN=C(N)N2c2ccccc2Cl)C1. The molecule has 1 unspecified atom stereocenters. The van der Waals surface area contributed by atoms with Gasteiger partial charge >= 0.3 is 0 Å². The number of anilines is 1. The van der Waals surface area contributed by atoms with Crippen LogP contribution < -0.4 is 10.6 Å². The van der Waals surface area contributed by atoms with Crippen LogP contribution in [-0.4, -0.2) is 43.1 Å². The summed E-state index contributed by atoms with van der Waals surface area (Å²) >= 11 is 6.30. The first-order chi connectivity index (χ1) is 8.62. The van der Waals surface area contributed by atoms with Gasteiger partial charge < -0.3 is 15.5 Å². The van der Waals surface area contributed by atoms with Crippen molar-refractivity contribution in [2.45, 2.75) is 12.0 Å². The van der Waals surface area contributed by atoms with Gasteiger partial charge in [-0.15, -0.1) is 0 Å². The van der Waals surface area contributed by atoms with Crippen LogP contribution in [0.2, 0.25) is 5.02 Å². The second-order valence-electron chi connectivity index (χ2n) is 5.17. The van der Waals surface area contributed by atoms with Gasteiger partial charge in [-0.3, -0.25) is 4.99 Å². The molecule has 0 radical (unpaired) electrons. The van der Waals surface area contributed by atoms with Crippen LogP contribution in [-0.2, 0) is 0 Å². The van der Waals surface area contributed by atoms with Crippen molar-refractivity contribution in [3.63, 3.8) is 0 Å². The van der Waals surface area contributed by atoms with E-state index in [4.69, 9.17) is 17.3 Å². The number of guanidine groups is 1. The van der Waals surface area contributed by atoms with Gasteiger partial charge in [-0.05, 0) is 25.6 Å². The first kappa shape index (κ1) is 11.8. The van der Waals surface area contributed by atoms with Crippen molar-refractivity contribution in [2.24, 2.45) is 10.7 Å².